The standard InChI is InChI=1S/C27H38N4O4S2/c1-26(2,3)35-25(33)30(15-19-9-8-12-34-19)14-18-10-11-21-20(13-18)28-24-31(21)16-22(37-24)23(32)29(6)17-27(4,5)36-7/h10-11,13,16,19H,8-9,12,14-15,17H2,1-7H3. The Kier molecular flexibility index (Phi) is 8.11. The summed E-state index contributed by atoms with van der Waals surface area (Å²) in [5.74, 6) is 0.00419. The minimum atomic E-state index is -0.571. The Balaban J connectivity index is 1.54. The third kappa shape index (κ3) is 6.78. The average Bonchev–Trinajstić information content (AvgIpc) is 3.53. The Morgan fingerprint density at radius 1 is 1.27 bits per heavy atom. The van der Waals surface area contributed by atoms with Gasteiger partial charge in [-0.15, -0.1) is 0 Å². The van der Waals surface area contributed by atoms with E-state index in [2.05, 4.69) is 20.1 Å². The number of hydrogen-bond donors (Lipinski definition) is 0. The molecule has 1 aliphatic rings. The van der Waals surface area contributed by atoms with E-state index in [9.17, 15) is 9.59 Å². The first-order chi connectivity index (χ1) is 17.3. The lowest BCUT2D eigenvalue weighted by Gasteiger charge is -2.29. The van der Waals surface area contributed by atoms with Crippen LogP contribution in [0.5, 0.6) is 0 Å². The minimum absolute atomic E-state index is 0.00419. The Hall–Kier alpha value is -2.30. The molecule has 202 valence electrons. The van der Waals surface area contributed by atoms with E-state index in [0.717, 1.165) is 41.0 Å². The minimum Gasteiger partial charge on any atom is -0.444 e. The fourth-order valence-corrected chi connectivity index (χ4v) is 5.75. The molecule has 0 bridgehead atoms. The number of benzene rings is 1. The van der Waals surface area contributed by atoms with E-state index in [1.54, 1.807) is 21.6 Å². The molecule has 3 aromatic rings. The van der Waals surface area contributed by atoms with Gasteiger partial charge in [0.1, 0.15) is 10.5 Å². The second-order valence-corrected chi connectivity index (χ2v) is 13.8. The normalized spacial score (nSPS) is 16.5. The maximum Gasteiger partial charge on any atom is 0.410 e. The molecule has 10 heteroatoms. The van der Waals surface area contributed by atoms with Crippen molar-refractivity contribution in [3.05, 3.63) is 34.8 Å². The van der Waals surface area contributed by atoms with Crippen molar-refractivity contribution < 1.29 is 19.1 Å². The second kappa shape index (κ2) is 10.8. The van der Waals surface area contributed by atoms with Gasteiger partial charge in [0.15, 0.2) is 4.96 Å². The largest absolute Gasteiger partial charge is 0.444 e. The Bertz CT molecular complexity index is 1270. The van der Waals surface area contributed by atoms with Crippen molar-refractivity contribution in [2.45, 2.75) is 70.5 Å². The molecule has 1 unspecified atom stereocenters. The van der Waals surface area contributed by atoms with E-state index < -0.39 is 5.60 Å². The summed E-state index contributed by atoms with van der Waals surface area (Å²) >= 11 is 3.15. The van der Waals surface area contributed by atoms with Crippen LogP contribution in [0.15, 0.2) is 24.4 Å². The highest BCUT2D eigenvalue weighted by Gasteiger charge is 2.27. The lowest BCUT2D eigenvalue weighted by Crippen LogP contribution is -2.40. The maximum absolute atomic E-state index is 13.0. The SMILES string of the molecule is CSC(C)(C)CN(C)C(=O)c1cn2c(nc3cc(CN(CC4CCCO4)C(=O)OC(C)(C)C)ccc32)s1. The van der Waals surface area contributed by atoms with Gasteiger partial charge in [-0.3, -0.25) is 9.20 Å². The number of fused-ring (bicyclic) bond motifs is 3. The lowest BCUT2D eigenvalue weighted by atomic mass is 10.1. The number of amides is 2. The van der Waals surface area contributed by atoms with E-state index in [-0.39, 0.29) is 22.9 Å². The second-order valence-electron chi connectivity index (χ2n) is 11.3. The number of thiazole rings is 1. The molecule has 4 rings (SSSR count). The molecule has 1 atom stereocenters. The zero-order chi connectivity index (χ0) is 27.0. The zero-order valence-electron chi connectivity index (χ0n) is 22.9. The van der Waals surface area contributed by atoms with Crippen LogP contribution in [0.1, 0.15) is 62.7 Å². The molecule has 1 saturated heterocycles. The summed E-state index contributed by atoms with van der Waals surface area (Å²) < 4.78 is 13.4. The number of hydrogen-bond acceptors (Lipinski definition) is 7. The lowest BCUT2D eigenvalue weighted by molar-refractivity contribution is 0.00860. The molecule has 0 saturated carbocycles. The van der Waals surface area contributed by atoms with Crippen molar-refractivity contribution in [3.8, 4) is 0 Å². The molecule has 8 nitrogen and oxygen atoms in total. The van der Waals surface area contributed by atoms with Crippen molar-refractivity contribution in [1.82, 2.24) is 19.2 Å². The molecule has 2 aromatic heterocycles. The van der Waals surface area contributed by atoms with Gasteiger partial charge in [-0.2, -0.15) is 11.8 Å². The van der Waals surface area contributed by atoms with Crippen LogP contribution < -0.4 is 0 Å². The number of carbonyl (C=O) groups is 2. The molecule has 0 radical (unpaired) electrons. The fraction of sp³-hybridized carbons (Fsp3) is 0.593. The Morgan fingerprint density at radius 2 is 2.03 bits per heavy atom. The summed E-state index contributed by atoms with van der Waals surface area (Å²) in [6.07, 6.45) is 5.59. The topological polar surface area (TPSA) is 76.4 Å². The van der Waals surface area contributed by atoms with Crippen molar-refractivity contribution in [2.24, 2.45) is 0 Å². The highest BCUT2D eigenvalue weighted by atomic mass is 32.2. The van der Waals surface area contributed by atoms with E-state index >= 15 is 0 Å². The van der Waals surface area contributed by atoms with Gasteiger partial charge in [0.25, 0.3) is 5.91 Å². The van der Waals surface area contributed by atoms with Gasteiger partial charge in [-0.25, -0.2) is 9.78 Å². The molecule has 0 spiro atoms. The van der Waals surface area contributed by atoms with Gasteiger partial charge in [-0.05, 0) is 71.4 Å². The fourth-order valence-electron chi connectivity index (χ4n) is 4.44. The molecule has 1 fully saturated rings. The summed E-state index contributed by atoms with van der Waals surface area (Å²) in [5, 5.41) is 0. The summed E-state index contributed by atoms with van der Waals surface area (Å²) in [7, 11) is 1.85. The molecule has 0 N–H and O–H groups in total. The molecule has 1 aromatic carbocycles. The van der Waals surface area contributed by atoms with E-state index in [4.69, 9.17) is 14.5 Å². The number of rotatable bonds is 8. The van der Waals surface area contributed by atoms with Crippen LogP contribution in [0.3, 0.4) is 0 Å². The Morgan fingerprint density at radius 3 is 2.68 bits per heavy atom. The van der Waals surface area contributed by atoms with Gasteiger partial charge in [0.05, 0.1) is 23.7 Å². The van der Waals surface area contributed by atoms with Gasteiger partial charge in [0, 0.05) is 37.7 Å². The quantitative estimate of drug-likeness (QED) is 0.362. The van der Waals surface area contributed by atoms with E-state index in [0.29, 0.717) is 24.5 Å². The maximum atomic E-state index is 13.0. The van der Waals surface area contributed by atoms with Crippen LogP contribution in [0.25, 0.3) is 16.0 Å². The molecule has 37 heavy (non-hydrogen) atoms. The summed E-state index contributed by atoms with van der Waals surface area (Å²) in [5.41, 5.74) is 2.17. The first-order valence-corrected chi connectivity index (χ1v) is 14.7. The number of nitrogens with zero attached hydrogens (tertiary/aromatic N) is 4. The molecular weight excluding hydrogens is 508 g/mol. The molecule has 2 amide bonds. The summed E-state index contributed by atoms with van der Waals surface area (Å²) in [6, 6.07) is 6.03. The van der Waals surface area contributed by atoms with Crippen LogP contribution in [0.4, 0.5) is 4.79 Å². The number of ether oxygens (including phenoxy) is 2. The summed E-state index contributed by atoms with van der Waals surface area (Å²) in [6.45, 7) is 12.2. The van der Waals surface area contributed by atoms with Crippen LogP contribution in [0.2, 0.25) is 0 Å². The molecular formula is C27H38N4O4S2. The van der Waals surface area contributed by atoms with Crippen molar-refractivity contribution in [2.75, 3.05) is 33.0 Å². The van der Waals surface area contributed by atoms with Crippen LogP contribution in [-0.4, -0.2) is 80.6 Å². The summed E-state index contributed by atoms with van der Waals surface area (Å²) in [4.78, 5) is 35.8. The highest BCUT2D eigenvalue weighted by molar-refractivity contribution is 7.99. The number of carbonyl (C=O) groups excluding carboxylic acids is 2. The van der Waals surface area contributed by atoms with Crippen molar-refractivity contribution in [1.29, 1.82) is 0 Å². The number of aromatic nitrogens is 2. The predicted molar refractivity (Wildman–Crippen MR) is 151 cm³/mol. The number of imidazole rings is 1. The van der Waals surface area contributed by atoms with Gasteiger partial charge in [0.2, 0.25) is 0 Å². The van der Waals surface area contributed by atoms with Gasteiger partial charge >= 0.3 is 6.09 Å². The third-order valence-electron chi connectivity index (χ3n) is 6.37. The monoisotopic (exact) mass is 546 g/mol. The first kappa shape index (κ1) is 27.7. The van der Waals surface area contributed by atoms with Gasteiger partial charge < -0.3 is 19.3 Å². The molecule has 1 aliphatic heterocycles. The van der Waals surface area contributed by atoms with Gasteiger partial charge in [-0.1, -0.05) is 17.4 Å². The Labute approximate surface area is 227 Å². The smallest absolute Gasteiger partial charge is 0.410 e. The van der Waals surface area contributed by atoms with Crippen LogP contribution >= 0.6 is 23.1 Å². The molecule has 3 heterocycles. The van der Waals surface area contributed by atoms with Crippen LogP contribution in [0, 0.1) is 0 Å². The average molecular weight is 547 g/mol. The molecule has 0 aliphatic carbocycles. The van der Waals surface area contributed by atoms with Crippen LogP contribution in [-0.2, 0) is 16.0 Å². The van der Waals surface area contributed by atoms with Crippen molar-refractivity contribution in [3.63, 3.8) is 0 Å². The zero-order valence-corrected chi connectivity index (χ0v) is 24.5. The highest BCUT2D eigenvalue weighted by Crippen LogP contribution is 2.28. The number of thioether (sulfide) groups is 1. The third-order valence-corrected chi connectivity index (χ3v) is 8.58. The van der Waals surface area contributed by atoms with Crippen molar-refractivity contribution >= 4 is 51.1 Å². The van der Waals surface area contributed by atoms with E-state index in [1.807, 2.05) is 56.6 Å². The predicted octanol–water partition coefficient (Wildman–Crippen LogP) is 5.68. The first-order valence-electron chi connectivity index (χ1n) is 12.7. The van der Waals surface area contributed by atoms with E-state index in [1.165, 1.54) is 11.3 Å².